The monoisotopic (exact) mass is 240 g/mol. The van der Waals surface area contributed by atoms with Crippen LogP contribution in [0.2, 0.25) is 0 Å². The number of pyridine rings is 1. The van der Waals surface area contributed by atoms with Crippen molar-refractivity contribution in [2.45, 2.75) is 25.7 Å². The molecule has 1 unspecified atom stereocenters. The summed E-state index contributed by atoms with van der Waals surface area (Å²) in [7, 11) is 0. The smallest absolute Gasteiger partial charge is 0.0704 e. The fraction of sp³-hybridized carbons (Fsp3) is 0.438. The molecule has 0 radical (unpaired) electrons. The Kier molecular flexibility index (Phi) is 3.56. The lowest BCUT2D eigenvalue weighted by Crippen LogP contribution is -2.14. The molecular formula is C16H20N2. The lowest BCUT2D eigenvalue weighted by molar-refractivity contribution is 0.471. The summed E-state index contributed by atoms with van der Waals surface area (Å²) in [6.07, 6.45) is 7.04. The molecule has 1 fully saturated rings. The lowest BCUT2D eigenvalue weighted by atomic mass is 9.91. The Morgan fingerprint density at radius 3 is 3.11 bits per heavy atom. The highest BCUT2D eigenvalue weighted by molar-refractivity contribution is 5.81. The molecule has 18 heavy (non-hydrogen) atoms. The van der Waals surface area contributed by atoms with E-state index in [9.17, 15) is 0 Å². The Bertz CT molecular complexity index is 508. The normalized spacial score (nSPS) is 20.8. The molecule has 1 saturated heterocycles. The van der Waals surface area contributed by atoms with Crippen molar-refractivity contribution in [2.24, 2.45) is 5.92 Å². The summed E-state index contributed by atoms with van der Waals surface area (Å²) in [5, 5.41) is 4.82. The zero-order chi connectivity index (χ0) is 12.2. The quantitative estimate of drug-likeness (QED) is 0.872. The molecule has 1 aromatic carbocycles. The zero-order valence-electron chi connectivity index (χ0n) is 10.7. The highest BCUT2D eigenvalue weighted by Crippen LogP contribution is 2.24. The molecule has 2 nitrogen and oxygen atoms in total. The minimum atomic E-state index is 0.825. The molecule has 94 valence electrons. The number of benzene rings is 1. The Balaban J connectivity index is 1.85. The second kappa shape index (κ2) is 5.49. The van der Waals surface area contributed by atoms with Crippen molar-refractivity contribution in [1.82, 2.24) is 10.3 Å². The molecule has 0 bridgehead atoms. The molecule has 0 aliphatic carbocycles. The first-order valence-corrected chi connectivity index (χ1v) is 6.97. The molecule has 2 aromatic rings. The van der Waals surface area contributed by atoms with Gasteiger partial charge in [-0.25, -0.2) is 0 Å². The molecule has 2 heterocycles. The summed E-state index contributed by atoms with van der Waals surface area (Å²) < 4.78 is 0. The van der Waals surface area contributed by atoms with Gasteiger partial charge in [-0.2, -0.15) is 0 Å². The molecule has 1 aromatic heterocycles. The third-order valence-electron chi connectivity index (χ3n) is 3.94. The van der Waals surface area contributed by atoms with E-state index in [1.165, 1.54) is 49.7 Å². The van der Waals surface area contributed by atoms with Crippen molar-refractivity contribution in [1.29, 1.82) is 0 Å². The number of nitrogens with one attached hydrogen (secondary N) is 1. The predicted molar refractivity (Wildman–Crippen MR) is 75.7 cm³/mol. The van der Waals surface area contributed by atoms with Crippen molar-refractivity contribution < 1.29 is 0 Å². The van der Waals surface area contributed by atoms with Crippen LogP contribution >= 0.6 is 0 Å². The Morgan fingerprint density at radius 2 is 2.11 bits per heavy atom. The van der Waals surface area contributed by atoms with Gasteiger partial charge < -0.3 is 5.32 Å². The highest BCUT2D eigenvalue weighted by Gasteiger charge is 2.13. The molecule has 1 atom stereocenters. The fourth-order valence-electron chi connectivity index (χ4n) is 2.95. The van der Waals surface area contributed by atoms with Gasteiger partial charge in [0.1, 0.15) is 0 Å². The van der Waals surface area contributed by atoms with Gasteiger partial charge in [-0.1, -0.05) is 18.2 Å². The number of fused-ring (bicyclic) bond motifs is 1. The molecule has 2 heteroatoms. The minimum absolute atomic E-state index is 0.825. The van der Waals surface area contributed by atoms with Crippen LogP contribution < -0.4 is 5.32 Å². The van der Waals surface area contributed by atoms with Gasteiger partial charge in [-0.15, -0.1) is 0 Å². The number of rotatable bonds is 2. The maximum atomic E-state index is 4.44. The van der Waals surface area contributed by atoms with Crippen LogP contribution in [0.25, 0.3) is 10.9 Å². The SMILES string of the molecule is c1cc(CC2CCCNCC2)c2cccnc2c1. The molecule has 1 aliphatic rings. The Morgan fingerprint density at radius 1 is 1.11 bits per heavy atom. The van der Waals surface area contributed by atoms with Gasteiger partial charge in [0.15, 0.2) is 0 Å². The molecule has 0 amide bonds. The number of nitrogens with zero attached hydrogens (tertiary/aromatic N) is 1. The molecule has 1 aliphatic heterocycles. The third-order valence-corrected chi connectivity index (χ3v) is 3.94. The van der Waals surface area contributed by atoms with E-state index in [0.717, 1.165) is 11.4 Å². The average molecular weight is 240 g/mol. The van der Waals surface area contributed by atoms with Crippen LogP contribution in [0.1, 0.15) is 24.8 Å². The van der Waals surface area contributed by atoms with E-state index in [4.69, 9.17) is 0 Å². The summed E-state index contributed by atoms with van der Waals surface area (Å²) in [6.45, 7) is 2.36. The second-order valence-corrected chi connectivity index (χ2v) is 5.24. The predicted octanol–water partition coefficient (Wildman–Crippen LogP) is 3.17. The zero-order valence-corrected chi connectivity index (χ0v) is 10.7. The first-order chi connectivity index (χ1) is 8.93. The van der Waals surface area contributed by atoms with E-state index in [-0.39, 0.29) is 0 Å². The van der Waals surface area contributed by atoms with Crippen molar-refractivity contribution in [3.8, 4) is 0 Å². The van der Waals surface area contributed by atoms with E-state index in [0.29, 0.717) is 0 Å². The van der Waals surface area contributed by atoms with Gasteiger partial charge >= 0.3 is 0 Å². The molecule has 0 spiro atoms. The molecular weight excluding hydrogens is 220 g/mol. The standard InChI is InChI=1S/C16H20N2/c1-5-14(12-13-4-2-9-17-11-8-13)15-6-3-10-18-16(15)7-1/h1,3,5-7,10,13,17H,2,4,8-9,11-12H2. The second-order valence-electron chi connectivity index (χ2n) is 5.24. The van der Waals surface area contributed by atoms with Gasteiger partial charge in [-0.3, -0.25) is 4.98 Å². The van der Waals surface area contributed by atoms with Crippen molar-refractivity contribution in [2.75, 3.05) is 13.1 Å². The third kappa shape index (κ3) is 2.54. The van der Waals surface area contributed by atoms with E-state index >= 15 is 0 Å². The summed E-state index contributed by atoms with van der Waals surface area (Å²) in [4.78, 5) is 4.44. The van der Waals surface area contributed by atoms with Crippen LogP contribution in [0.15, 0.2) is 36.5 Å². The van der Waals surface area contributed by atoms with Crippen LogP contribution in [0.3, 0.4) is 0 Å². The average Bonchev–Trinajstić information content (AvgIpc) is 2.68. The van der Waals surface area contributed by atoms with Crippen LogP contribution in [0.4, 0.5) is 0 Å². The van der Waals surface area contributed by atoms with Crippen LogP contribution in [0.5, 0.6) is 0 Å². The Hall–Kier alpha value is -1.41. The van der Waals surface area contributed by atoms with Crippen LogP contribution in [0, 0.1) is 5.92 Å². The summed E-state index contributed by atoms with van der Waals surface area (Å²) in [5.74, 6) is 0.825. The number of hydrogen-bond donors (Lipinski definition) is 1. The van der Waals surface area contributed by atoms with Crippen molar-refractivity contribution in [3.05, 3.63) is 42.1 Å². The topological polar surface area (TPSA) is 24.9 Å². The fourth-order valence-corrected chi connectivity index (χ4v) is 2.95. The highest BCUT2D eigenvalue weighted by atomic mass is 14.8. The maximum Gasteiger partial charge on any atom is 0.0704 e. The minimum Gasteiger partial charge on any atom is -0.317 e. The largest absolute Gasteiger partial charge is 0.317 e. The van der Waals surface area contributed by atoms with Crippen molar-refractivity contribution in [3.63, 3.8) is 0 Å². The molecule has 1 N–H and O–H groups in total. The van der Waals surface area contributed by atoms with Gasteiger partial charge in [-0.05, 0) is 62.4 Å². The van der Waals surface area contributed by atoms with Gasteiger partial charge in [0, 0.05) is 11.6 Å². The lowest BCUT2D eigenvalue weighted by Gasteiger charge is -2.15. The van der Waals surface area contributed by atoms with E-state index in [1.807, 2.05) is 12.3 Å². The van der Waals surface area contributed by atoms with Crippen LogP contribution in [-0.4, -0.2) is 18.1 Å². The van der Waals surface area contributed by atoms with Gasteiger partial charge in [0.2, 0.25) is 0 Å². The van der Waals surface area contributed by atoms with Gasteiger partial charge in [0.25, 0.3) is 0 Å². The number of hydrogen-bond acceptors (Lipinski definition) is 2. The maximum absolute atomic E-state index is 4.44. The van der Waals surface area contributed by atoms with Crippen molar-refractivity contribution >= 4 is 10.9 Å². The van der Waals surface area contributed by atoms with Crippen LogP contribution in [-0.2, 0) is 6.42 Å². The first kappa shape index (κ1) is 11.7. The van der Waals surface area contributed by atoms with E-state index in [1.54, 1.807) is 0 Å². The summed E-state index contributed by atoms with van der Waals surface area (Å²) >= 11 is 0. The summed E-state index contributed by atoms with van der Waals surface area (Å²) in [6, 6.07) is 10.8. The first-order valence-electron chi connectivity index (χ1n) is 6.97. The molecule has 0 saturated carbocycles. The van der Waals surface area contributed by atoms with Gasteiger partial charge in [0.05, 0.1) is 5.52 Å². The van der Waals surface area contributed by atoms with E-state index < -0.39 is 0 Å². The number of aromatic nitrogens is 1. The van der Waals surface area contributed by atoms with E-state index in [2.05, 4.69) is 34.6 Å². The molecule has 3 rings (SSSR count). The summed E-state index contributed by atoms with van der Waals surface area (Å²) in [5.41, 5.74) is 2.59. The Labute approximate surface area is 108 Å².